The molecule has 1 atom stereocenters. The Morgan fingerprint density at radius 3 is 2.00 bits per heavy atom. The van der Waals surface area contributed by atoms with E-state index >= 15 is 0 Å². The minimum Gasteiger partial charge on any atom is -0.346 e. The largest absolute Gasteiger partial charge is 0.346 e. The number of benzene rings is 3. The zero-order valence-electron chi connectivity index (χ0n) is 19.9. The highest BCUT2D eigenvalue weighted by Gasteiger charge is 2.19. The third kappa shape index (κ3) is 6.45. The Hall–Kier alpha value is -3.12. The summed E-state index contributed by atoms with van der Waals surface area (Å²) in [6, 6.07) is 24.2. The summed E-state index contributed by atoms with van der Waals surface area (Å²) >= 11 is 0. The lowest BCUT2D eigenvalue weighted by Gasteiger charge is -2.23. The van der Waals surface area contributed by atoms with Crippen LogP contribution in [0.15, 0.2) is 78.9 Å². The van der Waals surface area contributed by atoms with Gasteiger partial charge in [0.05, 0.1) is 24.5 Å². The summed E-state index contributed by atoms with van der Waals surface area (Å²) in [7, 11) is -3.49. The van der Waals surface area contributed by atoms with Crippen molar-refractivity contribution < 1.29 is 13.2 Å². The van der Waals surface area contributed by atoms with Gasteiger partial charge in [-0.1, -0.05) is 75.4 Å². The Balaban J connectivity index is 1.72. The van der Waals surface area contributed by atoms with Crippen molar-refractivity contribution >= 4 is 21.6 Å². The second-order valence-corrected chi connectivity index (χ2v) is 11.3. The van der Waals surface area contributed by atoms with Crippen LogP contribution in [-0.2, 0) is 22.0 Å². The smallest absolute Gasteiger partial charge is 0.251 e. The monoisotopic (exact) mass is 464 g/mol. The van der Waals surface area contributed by atoms with E-state index in [0.29, 0.717) is 11.3 Å². The lowest BCUT2D eigenvalue weighted by atomic mass is 9.86. The van der Waals surface area contributed by atoms with Crippen LogP contribution in [-0.4, -0.2) is 20.6 Å². The van der Waals surface area contributed by atoms with Crippen LogP contribution < -0.4 is 9.62 Å². The quantitative estimate of drug-likeness (QED) is 0.506. The topological polar surface area (TPSA) is 66.5 Å². The molecule has 174 valence electrons. The SMILES string of the molecule is C[C@H](NC(=O)c1ccc(N(Cc2ccccc2)S(C)(=O)=O)cc1)c1ccc(C(C)(C)C)cc1. The molecule has 0 heterocycles. The molecule has 0 unspecified atom stereocenters. The highest BCUT2D eigenvalue weighted by atomic mass is 32.2. The standard InChI is InChI=1S/C27H32N2O3S/c1-20(22-11-15-24(16-12-22)27(2,3)4)28-26(30)23-13-17-25(18-14-23)29(33(5,31)32)19-21-9-7-6-8-10-21/h6-18,20H,19H2,1-5H3,(H,28,30)/t20-/m0/s1. The van der Waals surface area contributed by atoms with Gasteiger partial charge in [0, 0.05) is 5.56 Å². The Morgan fingerprint density at radius 1 is 0.909 bits per heavy atom. The zero-order chi connectivity index (χ0) is 24.2. The summed E-state index contributed by atoms with van der Waals surface area (Å²) in [5, 5.41) is 3.02. The minimum absolute atomic E-state index is 0.0765. The van der Waals surface area contributed by atoms with Gasteiger partial charge in [-0.25, -0.2) is 8.42 Å². The Labute approximate surface area is 197 Å². The second kappa shape index (κ2) is 9.79. The second-order valence-electron chi connectivity index (χ2n) is 9.37. The van der Waals surface area contributed by atoms with Crippen LogP contribution in [0.25, 0.3) is 0 Å². The molecule has 1 N–H and O–H groups in total. The molecule has 0 aliphatic heterocycles. The van der Waals surface area contributed by atoms with Gasteiger partial charge in [0.2, 0.25) is 10.0 Å². The lowest BCUT2D eigenvalue weighted by molar-refractivity contribution is 0.0940. The van der Waals surface area contributed by atoms with Crippen LogP contribution >= 0.6 is 0 Å². The molecule has 1 amide bonds. The van der Waals surface area contributed by atoms with E-state index in [-0.39, 0.29) is 23.9 Å². The number of carbonyl (C=O) groups excluding carboxylic acids is 1. The molecular weight excluding hydrogens is 432 g/mol. The molecule has 0 saturated carbocycles. The Kier molecular flexibility index (Phi) is 7.28. The van der Waals surface area contributed by atoms with Crippen LogP contribution in [0.2, 0.25) is 0 Å². The molecule has 0 saturated heterocycles. The molecule has 0 fully saturated rings. The van der Waals surface area contributed by atoms with Crippen molar-refractivity contribution in [3.05, 3.63) is 101 Å². The Morgan fingerprint density at radius 2 is 1.48 bits per heavy atom. The predicted molar refractivity (Wildman–Crippen MR) is 135 cm³/mol. The van der Waals surface area contributed by atoms with Gasteiger partial charge >= 0.3 is 0 Å². The van der Waals surface area contributed by atoms with E-state index in [1.807, 2.05) is 49.4 Å². The molecule has 0 aromatic heterocycles. The fourth-order valence-electron chi connectivity index (χ4n) is 3.56. The van der Waals surface area contributed by atoms with Crippen molar-refractivity contribution in [2.45, 2.75) is 45.7 Å². The first-order valence-corrected chi connectivity index (χ1v) is 12.8. The van der Waals surface area contributed by atoms with Crippen molar-refractivity contribution in [1.29, 1.82) is 0 Å². The van der Waals surface area contributed by atoms with Crippen LogP contribution in [0, 0.1) is 0 Å². The summed E-state index contributed by atoms with van der Waals surface area (Å²) < 4.78 is 26.1. The number of carbonyl (C=O) groups is 1. The molecule has 5 nitrogen and oxygen atoms in total. The molecule has 3 rings (SSSR count). The van der Waals surface area contributed by atoms with Gasteiger partial charge < -0.3 is 5.32 Å². The summed E-state index contributed by atoms with van der Waals surface area (Å²) in [5.41, 5.74) is 4.22. The average molecular weight is 465 g/mol. The Bertz CT molecular complexity index is 1180. The van der Waals surface area contributed by atoms with Crippen LogP contribution in [0.5, 0.6) is 0 Å². The fraction of sp³-hybridized carbons (Fsp3) is 0.296. The maximum absolute atomic E-state index is 12.8. The summed E-state index contributed by atoms with van der Waals surface area (Å²) in [5.74, 6) is -0.206. The number of anilines is 1. The van der Waals surface area contributed by atoms with Crippen molar-refractivity contribution in [2.75, 3.05) is 10.6 Å². The molecule has 3 aromatic rings. The molecule has 0 spiro atoms. The van der Waals surface area contributed by atoms with E-state index in [2.05, 4.69) is 38.2 Å². The average Bonchev–Trinajstić information content (AvgIpc) is 2.77. The molecule has 0 aliphatic rings. The number of rotatable bonds is 7. The van der Waals surface area contributed by atoms with Gasteiger partial charge in [-0.3, -0.25) is 9.10 Å². The number of hydrogen-bond acceptors (Lipinski definition) is 3. The van der Waals surface area contributed by atoms with Crippen LogP contribution in [0.4, 0.5) is 5.69 Å². The van der Waals surface area contributed by atoms with E-state index in [9.17, 15) is 13.2 Å². The molecule has 0 radical (unpaired) electrons. The maximum Gasteiger partial charge on any atom is 0.251 e. The van der Waals surface area contributed by atoms with Crippen LogP contribution in [0.1, 0.15) is 60.8 Å². The van der Waals surface area contributed by atoms with Crippen molar-refractivity contribution in [1.82, 2.24) is 5.32 Å². The predicted octanol–water partition coefficient (Wildman–Crippen LogP) is 5.44. The lowest BCUT2D eigenvalue weighted by Crippen LogP contribution is -2.29. The first kappa shape index (κ1) is 24.5. The van der Waals surface area contributed by atoms with E-state index < -0.39 is 10.0 Å². The van der Waals surface area contributed by atoms with Crippen LogP contribution in [0.3, 0.4) is 0 Å². The van der Waals surface area contributed by atoms with E-state index in [0.717, 1.165) is 11.1 Å². The van der Waals surface area contributed by atoms with Crippen molar-refractivity contribution in [2.24, 2.45) is 0 Å². The molecule has 0 bridgehead atoms. The van der Waals surface area contributed by atoms with Gasteiger partial charge in [-0.2, -0.15) is 0 Å². The fourth-order valence-corrected chi connectivity index (χ4v) is 4.45. The summed E-state index contributed by atoms with van der Waals surface area (Å²) in [6.07, 6.45) is 1.18. The number of amides is 1. The third-order valence-corrected chi connectivity index (χ3v) is 6.75. The van der Waals surface area contributed by atoms with Crippen molar-refractivity contribution in [3.8, 4) is 0 Å². The summed E-state index contributed by atoms with van der Waals surface area (Å²) in [4.78, 5) is 12.8. The van der Waals surface area contributed by atoms with Gasteiger partial charge in [0.1, 0.15) is 0 Å². The molecule has 0 aliphatic carbocycles. The summed E-state index contributed by atoms with van der Waals surface area (Å²) in [6.45, 7) is 8.68. The van der Waals surface area contributed by atoms with E-state index in [4.69, 9.17) is 0 Å². The third-order valence-electron chi connectivity index (χ3n) is 5.61. The first-order valence-electron chi connectivity index (χ1n) is 11.0. The van der Waals surface area contributed by atoms with Gasteiger partial charge in [-0.05, 0) is 53.3 Å². The first-order chi connectivity index (χ1) is 15.4. The highest BCUT2D eigenvalue weighted by Crippen LogP contribution is 2.25. The zero-order valence-corrected chi connectivity index (χ0v) is 20.7. The van der Waals surface area contributed by atoms with Gasteiger partial charge in [0.25, 0.3) is 5.91 Å². The molecule has 6 heteroatoms. The molecular formula is C27H32N2O3S. The normalized spacial score (nSPS) is 12.8. The molecule has 33 heavy (non-hydrogen) atoms. The number of nitrogens with zero attached hydrogens (tertiary/aromatic N) is 1. The highest BCUT2D eigenvalue weighted by molar-refractivity contribution is 7.92. The number of sulfonamides is 1. The van der Waals surface area contributed by atoms with Gasteiger partial charge in [-0.15, -0.1) is 0 Å². The molecule has 3 aromatic carbocycles. The van der Waals surface area contributed by atoms with Gasteiger partial charge in [0.15, 0.2) is 0 Å². The maximum atomic E-state index is 12.8. The minimum atomic E-state index is -3.49. The van der Waals surface area contributed by atoms with E-state index in [1.54, 1.807) is 24.3 Å². The van der Waals surface area contributed by atoms with E-state index in [1.165, 1.54) is 16.1 Å². The van der Waals surface area contributed by atoms with Crippen molar-refractivity contribution in [3.63, 3.8) is 0 Å². The number of hydrogen-bond donors (Lipinski definition) is 1. The number of nitrogens with one attached hydrogen (secondary N) is 1.